The second-order valence-corrected chi connectivity index (χ2v) is 8.56. The van der Waals surface area contributed by atoms with Crippen molar-refractivity contribution in [1.29, 1.82) is 0 Å². The van der Waals surface area contributed by atoms with E-state index < -0.39 is 5.60 Å². The molecule has 1 N–H and O–H groups in total. The lowest BCUT2D eigenvalue weighted by molar-refractivity contribution is -0.118. The van der Waals surface area contributed by atoms with Crippen molar-refractivity contribution >= 4 is 40.2 Å². The van der Waals surface area contributed by atoms with Gasteiger partial charge in [0.15, 0.2) is 4.34 Å². The van der Waals surface area contributed by atoms with E-state index in [4.69, 9.17) is 4.74 Å². The molecule has 3 heterocycles. The lowest BCUT2D eigenvalue weighted by atomic mass is 9.93. The topological polar surface area (TPSA) is 87.7 Å². The Morgan fingerprint density at radius 3 is 3.00 bits per heavy atom. The fourth-order valence-electron chi connectivity index (χ4n) is 3.13. The predicted octanol–water partition coefficient (Wildman–Crippen LogP) is 1.51. The van der Waals surface area contributed by atoms with Crippen LogP contribution in [0.2, 0.25) is 0 Å². The number of thioether (sulfide) groups is 1. The monoisotopic (exact) mass is 371 g/mol. The molecule has 10 heteroatoms. The SMILES string of the molecule is CCSc1nnc(NC(=O)CN2CCC[C@]3(C2)CN(C)C(=O)O3)s1. The number of nitrogens with one attached hydrogen (secondary N) is 1. The van der Waals surface area contributed by atoms with Gasteiger partial charge in [-0.1, -0.05) is 30.0 Å². The molecule has 0 aliphatic carbocycles. The highest BCUT2D eigenvalue weighted by molar-refractivity contribution is 8.01. The molecule has 2 aliphatic heterocycles. The van der Waals surface area contributed by atoms with E-state index in [9.17, 15) is 9.59 Å². The molecule has 8 nitrogen and oxygen atoms in total. The van der Waals surface area contributed by atoms with Crippen LogP contribution in [0.4, 0.5) is 9.93 Å². The van der Waals surface area contributed by atoms with E-state index >= 15 is 0 Å². The number of hydrogen-bond acceptors (Lipinski definition) is 8. The molecular formula is C14H21N5O3S2. The first-order valence-electron chi connectivity index (χ1n) is 7.92. The van der Waals surface area contributed by atoms with E-state index in [1.807, 2.05) is 11.8 Å². The molecule has 1 spiro atoms. The second kappa shape index (κ2) is 7.24. The largest absolute Gasteiger partial charge is 0.440 e. The third-order valence-electron chi connectivity index (χ3n) is 4.05. The minimum atomic E-state index is -0.474. The van der Waals surface area contributed by atoms with Gasteiger partial charge >= 0.3 is 6.09 Å². The van der Waals surface area contributed by atoms with Gasteiger partial charge < -0.3 is 9.64 Å². The first kappa shape index (κ1) is 17.4. The molecule has 132 valence electrons. The van der Waals surface area contributed by atoms with Gasteiger partial charge in [-0.15, -0.1) is 10.2 Å². The Hall–Kier alpha value is -1.39. The van der Waals surface area contributed by atoms with Gasteiger partial charge in [0, 0.05) is 13.6 Å². The Balaban J connectivity index is 1.53. The summed E-state index contributed by atoms with van der Waals surface area (Å²) in [6, 6.07) is 0. The van der Waals surface area contributed by atoms with E-state index in [0.29, 0.717) is 18.2 Å². The van der Waals surface area contributed by atoms with Crippen LogP contribution < -0.4 is 5.32 Å². The van der Waals surface area contributed by atoms with Crippen molar-refractivity contribution in [2.24, 2.45) is 0 Å². The highest BCUT2D eigenvalue weighted by Gasteiger charge is 2.46. The number of amides is 2. The maximum absolute atomic E-state index is 12.2. The molecule has 0 unspecified atom stereocenters. The van der Waals surface area contributed by atoms with E-state index in [2.05, 4.69) is 15.5 Å². The van der Waals surface area contributed by atoms with E-state index in [-0.39, 0.29) is 18.5 Å². The molecule has 2 saturated heterocycles. The molecule has 0 bridgehead atoms. The molecule has 2 amide bonds. The smallest absolute Gasteiger partial charge is 0.410 e. The Morgan fingerprint density at radius 2 is 2.29 bits per heavy atom. The average Bonchev–Trinajstić information content (AvgIpc) is 3.04. The summed E-state index contributed by atoms with van der Waals surface area (Å²) in [4.78, 5) is 27.5. The molecule has 2 aliphatic rings. The van der Waals surface area contributed by atoms with Crippen LogP contribution in [0.1, 0.15) is 19.8 Å². The molecule has 1 aromatic rings. The van der Waals surface area contributed by atoms with E-state index in [1.165, 1.54) is 11.3 Å². The molecule has 0 saturated carbocycles. The van der Waals surface area contributed by atoms with Crippen molar-refractivity contribution in [3.63, 3.8) is 0 Å². The van der Waals surface area contributed by atoms with Crippen molar-refractivity contribution in [1.82, 2.24) is 20.0 Å². The summed E-state index contributed by atoms with van der Waals surface area (Å²) in [5, 5.41) is 11.3. The molecule has 1 aromatic heterocycles. The Morgan fingerprint density at radius 1 is 1.46 bits per heavy atom. The number of carbonyl (C=O) groups is 2. The third kappa shape index (κ3) is 3.98. The number of ether oxygens (including phenoxy) is 1. The first-order valence-corrected chi connectivity index (χ1v) is 9.72. The van der Waals surface area contributed by atoms with Crippen molar-refractivity contribution in [3.05, 3.63) is 0 Å². The lowest BCUT2D eigenvalue weighted by Gasteiger charge is -2.37. The molecular weight excluding hydrogens is 350 g/mol. The predicted molar refractivity (Wildman–Crippen MR) is 92.5 cm³/mol. The van der Waals surface area contributed by atoms with Crippen LogP contribution >= 0.6 is 23.1 Å². The van der Waals surface area contributed by atoms with Gasteiger partial charge in [-0.05, 0) is 25.1 Å². The maximum atomic E-state index is 12.2. The standard InChI is InChI=1S/C14H21N5O3S2/c1-3-23-12-17-16-11(24-12)15-10(20)7-19-6-4-5-14(9-19)8-18(2)13(21)22-14/h3-9H2,1-2H3,(H,15,16,20)/t14-/m1/s1. The van der Waals surface area contributed by atoms with Crippen molar-refractivity contribution in [2.75, 3.05) is 44.3 Å². The number of piperidine rings is 1. The number of likely N-dealkylation sites (tertiary alicyclic amines) is 1. The minimum Gasteiger partial charge on any atom is -0.440 e. The number of rotatable bonds is 5. The van der Waals surface area contributed by atoms with Gasteiger partial charge in [-0.2, -0.15) is 0 Å². The highest BCUT2D eigenvalue weighted by Crippen LogP contribution is 2.31. The molecule has 24 heavy (non-hydrogen) atoms. The molecule has 3 rings (SSSR count). The van der Waals surface area contributed by atoms with Crippen LogP contribution in [0.5, 0.6) is 0 Å². The molecule has 2 fully saturated rings. The van der Waals surface area contributed by atoms with Crippen molar-refractivity contribution in [3.8, 4) is 0 Å². The van der Waals surface area contributed by atoms with Crippen LogP contribution in [0, 0.1) is 0 Å². The summed E-state index contributed by atoms with van der Waals surface area (Å²) < 4.78 is 6.41. The molecule has 0 radical (unpaired) electrons. The summed E-state index contributed by atoms with van der Waals surface area (Å²) in [6.45, 7) is 4.30. The highest BCUT2D eigenvalue weighted by atomic mass is 32.2. The van der Waals surface area contributed by atoms with Gasteiger partial charge in [0.25, 0.3) is 0 Å². The van der Waals surface area contributed by atoms with Gasteiger partial charge in [0.2, 0.25) is 11.0 Å². The quantitative estimate of drug-likeness (QED) is 0.620. The van der Waals surface area contributed by atoms with Crippen LogP contribution in [-0.4, -0.2) is 76.6 Å². The summed E-state index contributed by atoms with van der Waals surface area (Å²) in [6.07, 6.45) is 1.47. The van der Waals surface area contributed by atoms with Crippen LogP contribution in [0.3, 0.4) is 0 Å². The van der Waals surface area contributed by atoms with Crippen LogP contribution in [-0.2, 0) is 9.53 Å². The summed E-state index contributed by atoms with van der Waals surface area (Å²) in [5.74, 6) is 0.805. The normalized spacial score (nSPS) is 24.4. The third-order valence-corrected chi connectivity index (χ3v) is 5.90. The number of carbonyl (C=O) groups excluding carboxylic acids is 2. The van der Waals surface area contributed by atoms with Crippen molar-refractivity contribution < 1.29 is 14.3 Å². The molecule has 0 aromatic carbocycles. The fraction of sp³-hybridized carbons (Fsp3) is 0.714. The number of likely N-dealkylation sites (N-methyl/N-ethyl adjacent to an activating group) is 1. The minimum absolute atomic E-state index is 0.117. The summed E-state index contributed by atoms with van der Waals surface area (Å²) in [5.41, 5.74) is -0.474. The van der Waals surface area contributed by atoms with Gasteiger partial charge in [0.1, 0.15) is 5.60 Å². The van der Waals surface area contributed by atoms with E-state index in [1.54, 1.807) is 23.7 Å². The Bertz CT molecular complexity index is 625. The second-order valence-electron chi connectivity index (χ2n) is 6.08. The maximum Gasteiger partial charge on any atom is 0.410 e. The number of anilines is 1. The van der Waals surface area contributed by atoms with Crippen molar-refractivity contribution in [2.45, 2.75) is 29.7 Å². The summed E-state index contributed by atoms with van der Waals surface area (Å²) in [7, 11) is 1.74. The van der Waals surface area contributed by atoms with E-state index in [0.717, 1.165) is 29.5 Å². The van der Waals surface area contributed by atoms with Gasteiger partial charge in [0.05, 0.1) is 13.1 Å². The number of hydrogen-bond donors (Lipinski definition) is 1. The van der Waals surface area contributed by atoms with Gasteiger partial charge in [-0.3, -0.25) is 15.0 Å². The van der Waals surface area contributed by atoms with Crippen LogP contribution in [0.25, 0.3) is 0 Å². The number of nitrogens with zero attached hydrogens (tertiary/aromatic N) is 4. The Kier molecular flexibility index (Phi) is 5.26. The zero-order valence-electron chi connectivity index (χ0n) is 13.8. The molecule has 1 atom stereocenters. The Labute approximate surface area is 148 Å². The fourth-order valence-corrected chi connectivity index (χ4v) is 4.80. The van der Waals surface area contributed by atoms with Gasteiger partial charge in [-0.25, -0.2) is 4.79 Å². The average molecular weight is 371 g/mol. The van der Waals surface area contributed by atoms with Crippen LogP contribution in [0.15, 0.2) is 4.34 Å². The lowest BCUT2D eigenvalue weighted by Crippen LogP contribution is -2.52. The first-order chi connectivity index (χ1) is 11.5. The summed E-state index contributed by atoms with van der Waals surface area (Å²) >= 11 is 2.98. The number of aromatic nitrogens is 2. The zero-order valence-corrected chi connectivity index (χ0v) is 15.4. The zero-order chi connectivity index (χ0) is 17.2.